The molecule has 0 unspecified atom stereocenters. The van der Waals surface area contributed by atoms with E-state index in [2.05, 4.69) is 0 Å². The molecule has 0 radical (unpaired) electrons. The number of hydrogen-bond donors (Lipinski definition) is 4. The van der Waals surface area contributed by atoms with Gasteiger partial charge in [0.05, 0.1) is 0 Å². The first-order valence-electron chi connectivity index (χ1n) is 1.85. The van der Waals surface area contributed by atoms with Crippen molar-refractivity contribution in [1.82, 2.24) is 0 Å². The van der Waals surface area contributed by atoms with Crippen molar-refractivity contribution < 1.29 is 17.5 Å². The second kappa shape index (κ2) is 5.47. The Morgan fingerprint density at radius 1 is 1.60 bits per heavy atom. The number of amidine groups is 1. The molecule has 5 N–H and O–H groups in total. The van der Waals surface area contributed by atoms with E-state index in [1.54, 1.807) is 6.26 Å². The molecule has 0 aromatic carbocycles. The number of nitrogens with two attached hydrogens (primary N) is 1. The molecule has 0 saturated heterocycles. The van der Waals surface area contributed by atoms with Crippen LogP contribution in [-0.2, 0) is 10.4 Å². The van der Waals surface area contributed by atoms with Crippen LogP contribution < -0.4 is 5.73 Å². The zero-order valence-corrected chi connectivity index (χ0v) is 6.74. The van der Waals surface area contributed by atoms with Gasteiger partial charge in [0, 0.05) is 0 Å². The second-order valence-electron chi connectivity index (χ2n) is 1.02. The Morgan fingerprint density at radius 3 is 1.70 bits per heavy atom. The van der Waals surface area contributed by atoms with Crippen molar-refractivity contribution in [2.75, 3.05) is 6.26 Å². The van der Waals surface area contributed by atoms with Gasteiger partial charge in [0.15, 0.2) is 5.17 Å². The van der Waals surface area contributed by atoms with Crippen molar-refractivity contribution in [2.45, 2.75) is 0 Å². The Labute approximate surface area is 62.9 Å². The van der Waals surface area contributed by atoms with Crippen molar-refractivity contribution in [3.63, 3.8) is 0 Å². The lowest BCUT2D eigenvalue weighted by molar-refractivity contribution is 0.381. The van der Waals surface area contributed by atoms with Crippen LogP contribution in [0.3, 0.4) is 0 Å². The lowest BCUT2D eigenvalue weighted by atomic mass is 11.4. The molecule has 0 amide bonds. The van der Waals surface area contributed by atoms with Crippen molar-refractivity contribution in [2.24, 2.45) is 5.73 Å². The summed E-state index contributed by atoms with van der Waals surface area (Å²) in [6.45, 7) is 0. The third-order valence-corrected chi connectivity index (χ3v) is 0.660. The normalized spacial score (nSPS) is 9.50. The van der Waals surface area contributed by atoms with Gasteiger partial charge in [-0.3, -0.25) is 14.5 Å². The minimum Gasteiger partial charge on any atom is -0.379 e. The van der Waals surface area contributed by atoms with Crippen LogP contribution in [-0.4, -0.2) is 28.9 Å². The van der Waals surface area contributed by atoms with Gasteiger partial charge in [0.1, 0.15) is 0 Å². The molecule has 0 aromatic heterocycles. The highest BCUT2D eigenvalue weighted by atomic mass is 32.3. The zero-order chi connectivity index (χ0) is 8.78. The van der Waals surface area contributed by atoms with E-state index in [9.17, 15) is 0 Å². The van der Waals surface area contributed by atoms with E-state index >= 15 is 0 Å². The van der Waals surface area contributed by atoms with E-state index in [4.69, 9.17) is 28.7 Å². The van der Waals surface area contributed by atoms with E-state index in [1.807, 2.05) is 0 Å². The number of thioether (sulfide) groups is 1. The molecule has 8 heteroatoms. The van der Waals surface area contributed by atoms with Gasteiger partial charge < -0.3 is 5.73 Å². The fourth-order valence-electron chi connectivity index (χ4n) is 0. The molecule has 0 fully saturated rings. The Balaban J connectivity index is 0. The molecule has 0 aliphatic rings. The number of rotatable bonds is 0. The molecule has 0 heterocycles. The highest BCUT2D eigenvalue weighted by molar-refractivity contribution is 8.13. The Morgan fingerprint density at radius 2 is 1.70 bits per heavy atom. The standard InChI is InChI=1S/C2H6N2S.H2O4S/c1-5-2(3)4;1-5(2,3)4/h1H3,(H3,3,4);(H2,1,2,3,4). The Hall–Kier alpha value is -0.310. The van der Waals surface area contributed by atoms with Crippen LogP contribution in [0.25, 0.3) is 0 Å². The first kappa shape index (κ1) is 12.4. The van der Waals surface area contributed by atoms with Gasteiger partial charge in [-0.05, 0) is 6.26 Å². The number of nitrogens with one attached hydrogen (secondary N) is 1. The lowest BCUT2D eigenvalue weighted by Gasteiger charge is -1.78. The van der Waals surface area contributed by atoms with Gasteiger partial charge in [-0.2, -0.15) is 8.42 Å². The van der Waals surface area contributed by atoms with Gasteiger partial charge in [-0.15, -0.1) is 0 Å². The molecule has 62 valence electrons. The maximum Gasteiger partial charge on any atom is 0.394 e. The third kappa shape index (κ3) is 121. The van der Waals surface area contributed by atoms with Crippen molar-refractivity contribution in [1.29, 1.82) is 5.41 Å². The minimum absolute atomic E-state index is 0.171. The minimum atomic E-state index is -4.67. The SMILES string of the molecule is CSC(=N)N.O=S(=O)(O)O. The van der Waals surface area contributed by atoms with Gasteiger partial charge in [0.2, 0.25) is 0 Å². The van der Waals surface area contributed by atoms with Crippen LogP contribution in [0.15, 0.2) is 0 Å². The van der Waals surface area contributed by atoms with Gasteiger partial charge in [-0.1, -0.05) is 11.8 Å². The summed E-state index contributed by atoms with van der Waals surface area (Å²) in [5.74, 6) is 0. The van der Waals surface area contributed by atoms with Crippen LogP contribution in [0.1, 0.15) is 0 Å². The topological polar surface area (TPSA) is 124 Å². The summed E-state index contributed by atoms with van der Waals surface area (Å²) in [6, 6.07) is 0. The quantitative estimate of drug-likeness (QED) is 0.233. The van der Waals surface area contributed by atoms with Gasteiger partial charge in [-0.25, -0.2) is 0 Å². The van der Waals surface area contributed by atoms with E-state index in [0.717, 1.165) is 0 Å². The van der Waals surface area contributed by atoms with E-state index in [1.165, 1.54) is 11.8 Å². The largest absolute Gasteiger partial charge is 0.394 e. The van der Waals surface area contributed by atoms with Crippen LogP contribution in [0.2, 0.25) is 0 Å². The monoisotopic (exact) mass is 188 g/mol. The Kier molecular flexibility index (Phi) is 6.77. The summed E-state index contributed by atoms with van der Waals surface area (Å²) >= 11 is 1.24. The summed E-state index contributed by atoms with van der Waals surface area (Å²) in [4.78, 5) is 0. The number of hydrogen-bond acceptors (Lipinski definition) is 4. The van der Waals surface area contributed by atoms with Crippen molar-refractivity contribution in [3.8, 4) is 0 Å². The van der Waals surface area contributed by atoms with Crippen molar-refractivity contribution in [3.05, 3.63) is 0 Å². The first-order valence-corrected chi connectivity index (χ1v) is 4.47. The van der Waals surface area contributed by atoms with Crippen molar-refractivity contribution >= 4 is 27.3 Å². The highest BCUT2D eigenvalue weighted by Gasteiger charge is 1.84. The molecule has 0 atom stereocenters. The average Bonchev–Trinajstić information content (AvgIpc) is 1.61. The van der Waals surface area contributed by atoms with Crippen LogP contribution in [0.4, 0.5) is 0 Å². The molecule has 0 rings (SSSR count). The van der Waals surface area contributed by atoms with Gasteiger partial charge >= 0.3 is 10.4 Å². The van der Waals surface area contributed by atoms with Crippen LogP contribution in [0.5, 0.6) is 0 Å². The molecule has 0 bridgehead atoms. The predicted octanol–water partition coefficient (Wildman–Crippen LogP) is -0.410. The summed E-state index contributed by atoms with van der Waals surface area (Å²) in [5.41, 5.74) is 4.84. The Bertz CT molecular complexity index is 177. The van der Waals surface area contributed by atoms with E-state index in [-0.39, 0.29) is 5.17 Å². The summed E-state index contributed by atoms with van der Waals surface area (Å²) < 4.78 is 31.6. The molecule has 6 nitrogen and oxygen atoms in total. The fourth-order valence-corrected chi connectivity index (χ4v) is 0. The maximum absolute atomic E-state index is 8.74. The molecule has 0 spiro atoms. The summed E-state index contributed by atoms with van der Waals surface area (Å²) in [6.07, 6.45) is 1.77. The molecule has 0 saturated carbocycles. The molecule has 0 aliphatic carbocycles. The molecular formula is C2H8N2O4S2. The molecule has 0 aromatic rings. The molecule has 10 heavy (non-hydrogen) atoms. The average molecular weight is 188 g/mol. The lowest BCUT2D eigenvalue weighted by Crippen LogP contribution is -2.01. The zero-order valence-electron chi connectivity index (χ0n) is 5.10. The second-order valence-corrected chi connectivity index (χ2v) is 2.76. The first-order chi connectivity index (χ1) is 4.27. The highest BCUT2D eigenvalue weighted by Crippen LogP contribution is 1.83. The smallest absolute Gasteiger partial charge is 0.379 e. The molecule has 0 aliphatic heterocycles. The van der Waals surface area contributed by atoms with E-state index < -0.39 is 10.4 Å². The molecular weight excluding hydrogens is 180 g/mol. The third-order valence-electron chi connectivity index (χ3n) is 0.220. The van der Waals surface area contributed by atoms with Gasteiger partial charge in [0.25, 0.3) is 0 Å². The summed E-state index contributed by atoms with van der Waals surface area (Å²) in [5, 5.41) is 6.66. The maximum atomic E-state index is 8.74. The fraction of sp³-hybridized carbons (Fsp3) is 0.500. The summed E-state index contributed by atoms with van der Waals surface area (Å²) in [7, 11) is -4.67. The predicted molar refractivity (Wildman–Crippen MR) is 39.6 cm³/mol. The van der Waals surface area contributed by atoms with Crippen LogP contribution >= 0.6 is 11.8 Å². The van der Waals surface area contributed by atoms with E-state index in [0.29, 0.717) is 0 Å². The van der Waals surface area contributed by atoms with Crippen LogP contribution in [0, 0.1) is 5.41 Å².